The second kappa shape index (κ2) is 6.72. The fraction of sp³-hybridized carbons (Fsp3) is 0.231. The fourth-order valence-corrected chi connectivity index (χ4v) is 1.54. The van der Waals surface area contributed by atoms with Gasteiger partial charge in [0.2, 0.25) is 0 Å². The molecule has 0 heterocycles. The van der Waals surface area contributed by atoms with Crippen LogP contribution < -0.4 is 5.73 Å². The molecule has 1 rings (SSSR count). The van der Waals surface area contributed by atoms with Crippen LogP contribution in [-0.2, 0) is 9.53 Å². The highest BCUT2D eigenvalue weighted by Gasteiger charge is 2.09. The van der Waals surface area contributed by atoms with Crippen LogP contribution in [0.5, 0.6) is 0 Å². The molecule has 5 heteroatoms. The number of methoxy groups -OCH3 is 1. The Morgan fingerprint density at radius 1 is 1.44 bits per heavy atom. The molecule has 0 radical (unpaired) electrons. The summed E-state index contributed by atoms with van der Waals surface area (Å²) in [4.78, 5) is 22.1. The number of ether oxygens (including phenoxy) is 1. The Kier molecular flexibility index (Phi) is 5.28. The maximum absolute atomic E-state index is 11.4. The minimum Gasteiger partial charge on any atom is -0.465 e. The number of anilines is 1. The van der Waals surface area contributed by atoms with E-state index in [0.717, 1.165) is 11.8 Å². The summed E-state index contributed by atoms with van der Waals surface area (Å²) in [5.41, 5.74) is 6.97. The predicted octanol–water partition coefficient (Wildman–Crippen LogP) is 1.69. The summed E-state index contributed by atoms with van der Waals surface area (Å²) in [5.74, 6) is 5.63. The maximum Gasteiger partial charge on any atom is 0.339 e. The van der Waals surface area contributed by atoms with Gasteiger partial charge in [0, 0.05) is 18.2 Å². The first-order valence-electron chi connectivity index (χ1n) is 5.14. The number of nitrogens with two attached hydrogens (primary N) is 1. The Labute approximate surface area is 110 Å². The van der Waals surface area contributed by atoms with Gasteiger partial charge in [-0.3, -0.25) is 4.79 Å². The largest absolute Gasteiger partial charge is 0.465 e. The summed E-state index contributed by atoms with van der Waals surface area (Å²) in [7, 11) is 1.30. The zero-order chi connectivity index (χ0) is 13.5. The van der Waals surface area contributed by atoms with Crippen LogP contribution >= 0.6 is 11.8 Å². The minimum atomic E-state index is -0.491. The molecular formula is C13H13NO3S. The number of rotatable bonds is 2. The highest BCUT2D eigenvalue weighted by molar-refractivity contribution is 8.13. The van der Waals surface area contributed by atoms with E-state index in [2.05, 4.69) is 16.6 Å². The van der Waals surface area contributed by atoms with E-state index in [1.165, 1.54) is 14.0 Å². The molecule has 0 saturated heterocycles. The van der Waals surface area contributed by atoms with Gasteiger partial charge in [-0.25, -0.2) is 4.79 Å². The number of carbonyl (C=O) groups is 2. The highest BCUT2D eigenvalue weighted by Crippen LogP contribution is 2.14. The van der Waals surface area contributed by atoms with Gasteiger partial charge in [-0.1, -0.05) is 23.6 Å². The number of nitrogen functional groups attached to an aromatic ring is 1. The highest BCUT2D eigenvalue weighted by atomic mass is 32.2. The average molecular weight is 263 g/mol. The van der Waals surface area contributed by atoms with Crippen molar-refractivity contribution in [3.8, 4) is 11.8 Å². The van der Waals surface area contributed by atoms with Crippen molar-refractivity contribution in [3.63, 3.8) is 0 Å². The van der Waals surface area contributed by atoms with E-state index in [4.69, 9.17) is 5.73 Å². The third-order valence-electron chi connectivity index (χ3n) is 2.04. The van der Waals surface area contributed by atoms with Gasteiger partial charge in [0.25, 0.3) is 0 Å². The van der Waals surface area contributed by atoms with Crippen molar-refractivity contribution in [2.75, 3.05) is 18.6 Å². The SMILES string of the molecule is COC(=O)c1cc(C#CCSC(C)=O)ccc1N. The maximum atomic E-state index is 11.4. The molecule has 94 valence electrons. The fourth-order valence-electron chi connectivity index (χ4n) is 1.20. The average Bonchev–Trinajstić information content (AvgIpc) is 2.35. The summed E-state index contributed by atoms with van der Waals surface area (Å²) in [6, 6.07) is 4.90. The van der Waals surface area contributed by atoms with Crippen molar-refractivity contribution in [2.45, 2.75) is 6.92 Å². The Balaban J connectivity index is 2.85. The number of hydrogen-bond acceptors (Lipinski definition) is 5. The molecule has 0 atom stereocenters. The Morgan fingerprint density at radius 3 is 2.78 bits per heavy atom. The molecule has 0 amide bonds. The third-order valence-corrected chi connectivity index (χ3v) is 2.73. The van der Waals surface area contributed by atoms with Crippen molar-refractivity contribution in [3.05, 3.63) is 29.3 Å². The second-order valence-corrected chi connectivity index (χ2v) is 4.53. The topological polar surface area (TPSA) is 69.4 Å². The lowest BCUT2D eigenvalue weighted by molar-refractivity contribution is -0.109. The lowest BCUT2D eigenvalue weighted by Crippen LogP contribution is -2.05. The molecule has 0 aliphatic rings. The molecule has 0 spiro atoms. The van der Waals surface area contributed by atoms with E-state index >= 15 is 0 Å². The van der Waals surface area contributed by atoms with Gasteiger partial charge in [-0.05, 0) is 18.2 Å². The number of benzene rings is 1. The molecule has 0 saturated carbocycles. The lowest BCUT2D eigenvalue weighted by Gasteiger charge is -2.03. The van der Waals surface area contributed by atoms with Crippen LogP contribution in [0.15, 0.2) is 18.2 Å². The first kappa shape index (κ1) is 14.1. The van der Waals surface area contributed by atoms with E-state index in [-0.39, 0.29) is 5.12 Å². The molecular weight excluding hydrogens is 250 g/mol. The monoisotopic (exact) mass is 263 g/mol. The zero-order valence-corrected chi connectivity index (χ0v) is 11.0. The number of carbonyl (C=O) groups excluding carboxylic acids is 2. The van der Waals surface area contributed by atoms with E-state index < -0.39 is 5.97 Å². The van der Waals surface area contributed by atoms with Crippen LogP contribution in [-0.4, -0.2) is 23.9 Å². The van der Waals surface area contributed by atoms with Crippen LogP contribution in [0.2, 0.25) is 0 Å². The first-order chi connectivity index (χ1) is 8.54. The molecule has 2 N–H and O–H groups in total. The van der Waals surface area contributed by atoms with Crippen LogP contribution in [0, 0.1) is 11.8 Å². The quantitative estimate of drug-likeness (QED) is 0.499. The molecule has 0 unspecified atom stereocenters. The van der Waals surface area contributed by atoms with E-state index in [0.29, 0.717) is 22.6 Å². The molecule has 1 aromatic carbocycles. The van der Waals surface area contributed by atoms with Crippen LogP contribution in [0.4, 0.5) is 5.69 Å². The van der Waals surface area contributed by atoms with Gasteiger partial charge in [-0.15, -0.1) is 0 Å². The number of thioether (sulfide) groups is 1. The van der Waals surface area contributed by atoms with Crippen molar-refractivity contribution in [2.24, 2.45) is 0 Å². The van der Waals surface area contributed by atoms with Gasteiger partial charge >= 0.3 is 5.97 Å². The molecule has 18 heavy (non-hydrogen) atoms. The predicted molar refractivity (Wildman–Crippen MR) is 72.2 cm³/mol. The van der Waals surface area contributed by atoms with Crippen molar-refractivity contribution in [1.29, 1.82) is 0 Å². The summed E-state index contributed by atoms with van der Waals surface area (Å²) < 4.78 is 4.61. The van der Waals surface area contributed by atoms with Gasteiger partial charge in [0.1, 0.15) is 0 Å². The molecule has 4 nitrogen and oxygen atoms in total. The minimum absolute atomic E-state index is 0.0249. The Hall–Kier alpha value is -1.93. The summed E-state index contributed by atoms with van der Waals surface area (Å²) in [6.45, 7) is 1.49. The second-order valence-electron chi connectivity index (χ2n) is 3.38. The molecule has 0 aliphatic carbocycles. The summed E-state index contributed by atoms with van der Waals surface area (Å²) >= 11 is 1.14. The summed E-state index contributed by atoms with van der Waals surface area (Å²) in [5, 5.41) is 0.0249. The van der Waals surface area contributed by atoms with Gasteiger partial charge in [0.05, 0.1) is 18.4 Å². The van der Waals surface area contributed by atoms with E-state index in [9.17, 15) is 9.59 Å². The van der Waals surface area contributed by atoms with Crippen LogP contribution in [0.3, 0.4) is 0 Å². The smallest absolute Gasteiger partial charge is 0.339 e. The lowest BCUT2D eigenvalue weighted by atomic mass is 10.1. The third kappa shape index (κ3) is 4.15. The zero-order valence-electron chi connectivity index (χ0n) is 10.1. The van der Waals surface area contributed by atoms with Crippen molar-refractivity contribution in [1.82, 2.24) is 0 Å². The van der Waals surface area contributed by atoms with Crippen molar-refractivity contribution < 1.29 is 14.3 Å². The van der Waals surface area contributed by atoms with E-state index in [1.54, 1.807) is 18.2 Å². The normalized spacial score (nSPS) is 9.22. The molecule has 0 fully saturated rings. The molecule has 0 aromatic heterocycles. The summed E-state index contributed by atoms with van der Waals surface area (Å²) in [6.07, 6.45) is 0. The standard InChI is InChI=1S/C13H13NO3S/c1-9(15)18-7-3-4-10-5-6-12(14)11(8-10)13(16)17-2/h5-6,8H,7,14H2,1-2H3. The molecule has 1 aromatic rings. The van der Waals surface area contributed by atoms with Gasteiger partial charge in [-0.2, -0.15) is 0 Å². The van der Waals surface area contributed by atoms with E-state index in [1.807, 2.05) is 0 Å². The molecule has 0 bridgehead atoms. The Morgan fingerprint density at radius 2 is 2.17 bits per heavy atom. The first-order valence-corrected chi connectivity index (χ1v) is 6.13. The van der Waals surface area contributed by atoms with Crippen LogP contribution in [0.1, 0.15) is 22.8 Å². The molecule has 0 aliphatic heterocycles. The number of esters is 1. The van der Waals surface area contributed by atoms with Crippen molar-refractivity contribution >= 4 is 28.5 Å². The van der Waals surface area contributed by atoms with Crippen LogP contribution in [0.25, 0.3) is 0 Å². The van der Waals surface area contributed by atoms with Gasteiger partial charge < -0.3 is 10.5 Å². The number of hydrogen-bond donors (Lipinski definition) is 1. The Bertz CT molecular complexity index is 529. The van der Waals surface area contributed by atoms with Gasteiger partial charge in [0.15, 0.2) is 5.12 Å².